The van der Waals surface area contributed by atoms with Crippen molar-refractivity contribution in [1.82, 2.24) is 15.0 Å². The van der Waals surface area contributed by atoms with Crippen LogP contribution in [0.3, 0.4) is 0 Å². The largest absolute Gasteiger partial charge is 0.496 e. The first-order chi connectivity index (χ1) is 9.70. The third-order valence-corrected chi connectivity index (χ3v) is 3.09. The van der Waals surface area contributed by atoms with Crippen LogP contribution in [0, 0.1) is 0 Å². The van der Waals surface area contributed by atoms with Gasteiger partial charge in [-0.15, -0.1) is 0 Å². The number of primary amides is 1. The Morgan fingerprint density at radius 1 is 1.30 bits per heavy atom. The summed E-state index contributed by atoms with van der Waals surface area (Å²) in [4.78, 5) is 22.8. The van der Waals surface area contributed by atoms with Crippen LogP contribution in [-0.4, -0.2) is 28.0 Å². The van der Waals surface area contributed by atoms with Crippen LogP contribution in [0.25, 0.3) is 22.3 Å². The molecule has 0 fully saturated rings. The summed E-state index contributed by atoms with van der Waals surface area (Å²) in [6.07, 6.45) is 3.29. The first-order valence-corrected chi connectivity index (χ1v) is 5.97. The number of benzene rings is 1. The van der Waals surface area contributed by atoms with E-state index < -0.39 is 5.91 Å². The van der Waals surface area contributed by atoms with Crippen molar-refractivity contribution < 1.29 is 9.53 Å². The molecular weight excluding hydrogens is 256 g/mol. The van der Waals surface area contributed by atoms with Crippen LogP contribution in [-0.2, 0) is 0 Å². The number of rotatable bonds is 3. The van der Waals surface area contributed by atoms with Crippen molar-refractivity contribution in [2.24, 2.45) is 5.73 Å². The molecule has 6 nitrogen and oxygen atoms in total. The summed E-state index contributed by atoms with van der Waals surface area (Å²) >= 11 is 0. The average molecular weight is 268 g/mol. The molecule has 0 atom stereocenters. The molecule has 2 heterocycles. The summed E-state index contributed by atoms with van der Waals surface area (Å²) in [5.74, 6) is -0.0971. The zero-order valence-electron chi connectivity index (χ0n) is 10.8. The summed E-state index contributed by atoms with van der Waals surface area (Å²) in [7, 11) is 1.50. The van der Waals surface area contributed by atoms with Crippen molar-refractivity contribution in [3.05, 3.63) is 42.4 Å². The van der Waals surface area contributed by atoms with Crippen molar-refractivity contribution in [3.8, 4) is 17.0 Å². The normalized spacial score (nSPS) is 10.7. The van der Waals surface area contributed by atoms with Crippen LogP contribution in [0.2, 0.25) is 0 Å². The molecule has 6 heteroatoms. The molecule has 0 saturated heterocycles. The molecule has 0 unspecified atom stereocenters. The maximum absolute atomic E-state index is 11.3. The zero-order valence-corrected chi connectivity index (χ0v) is 10.8. The van der Waals surface area contributed by atoms with Crippen molar-refractivity contribution >= 4 is 16.9 Å². The van der Waals surface area contributed by atoms with E-state index in [2.05, 4.69) is 15.0 Å². The molecule has 1 aromatic carbocycles. The van der Waals surface area contributed by atoms with Crippen molar-refractivity contribution in [3.63, 3.8) is 0 Å². The van der Waals surface area contributed by atoms with Crippen molar-refractivity contribution in [2.45, 2.75) is 0 Å². The molecule has 0 bridgehead atoms. The number of hydrogen-bond donors (Lipinski definition) is 2. The number of hydrogen-bond acceptors (Lipinski definition) is 4. The molecule has 3 aromatic rings. The van der Waals surface area contributed by atoms with E-state index in [0.717, 1.165) is 22.3 Å². The monoisotopic (exact) mass is 268 g/mol. The van der Waals surface area contributed by atoms with Gasteiger partial charge in [-0.05, 0) is 18.2 Å². The predicted molar refractivity (Wildman–Crippen MR) is 74.4 cm³/mol. The van der Waals surface area contributed by atoms with E-state index in [0.29, 0.717) is 11.3 Å². The number of fused-ring (bicyclic) bond motifs is 1. The topological polar surface area (TPSA) is 93.9 Å². The van der Waals surface area contributed by atoms with Gasteiger partial charge in [0.2, 0.25) is 0 Å². The molecular formula is C14H12N4O2. The lowest BCUT2D eigenvalue weighted by Gasteiger charge is -2.08. The Morgan fingerprint density at radius 3 is 2.90 bits per heavy atom. The van der Waals surface area contributed by atoms with Crippen LogP contribution >= 0.6 is 0 Å². The maximum atomic E-state index is 11.3. The third kappa shape index (κ3) is 1.87. The molecule has 20 heavy (non-hydrogen) atoms. The van der Waals surface area contributed by atoms with Gasteiger partial charge in [-0.1, -0.05) is 6.07 Å². The fraction of sp³-hybridized carbons (Fsp3) is 0.0714. The molecule has 3 rings (SSSR count). The van der Waals surface area contributed by atoms with Gasteiger partial charge in [0.15, 0.2) is 0 Å². The summed E-state index contributed by atoms with van der Waals surface area (Å²) in [5.41, 5.74) is 8.01. The van der Waals surface area contributed by atoms with E-state index in [9.17, 15) is 4.79 Å². The Kier molecular flexibility index (Phi) is 2.83. The van der Waals surface area contributed by atoms with Crippen LogP contribution in [0.15, 0.2) is 36.8 Å². The second kappa shape index (κ2) is 4.65. The number of nitrogens with one attached hydrogen (secondary N) is 1. The highest BCUT2D eigenvalue weighted by atomic mass is 16.5. The minimum absolute atomic E-state index is 0.343. The second-order valence-electron chi connectivity index (χ2n) is 4.24. The summed E-state index contributed by atoms with van der Waals surface area (Å²) in [5, 5.41) is 0.904. The first kappa shape index (κ1) is 12.2. The van der Waals surface area contributed by atoms with Gasteiger partial charge in [-0.3, -0.25) is 4.79 Å². The van der Waals surface area contributed by atoms with Gasteiger partial charge in [0.05, 0.1) is 18.4 Å². The fourth-order valence-electron chi connectivity index (χ4n) is 2.14. The highest BCUT2D eigenvalue weighted by molar-refractivity contribution is 5.97. The number of carbonyl (C=O) groups excluding carboxylic acids is 1. The Labute approximate surface area is 114 Å². The van der Waals surface area contributed by atoms with Gasteiger partial charge in [-0.2, -0.15) is 0 Å². The van der Waals surface area contributed by atoms with Gasteiger partial charge >= 0.3 is 0 Å². The van der Waals surface area contributed by atoms with E-state index in [1.54, 1.807) is 24.4 Å². The maximum Gasteiger partial charge on any atom is 0.252 e. The standard InChI is InChI=1S/C14H12N4O2/c1-20-11-6-8(2-3-9(11)13(15)19)12-10-4-5-16-14(10)18-7-17-12/h2-7H,1H3,(H2,15,19)(H,16,17,18). The zero-order chi connectivity index (χ0) is 14.1. The van der Waals surface area contributed by atoms with Gasteiger partial charge in [-0.25, -0.2) is 9.97 Å². The number of nitrogens with zero attached hydrogens (tertiary/aromatic N) is 2. The molecule has 100 valence electrons. The quantitative estimate of drug-likeness (QED) is 0.756. The van der Waals surface area contributed by atoms with Crippen LogP contribution in [0.4, 0.5) is 0 Å². The highest BCUT2D eigenvalue weighted by Crippen LogP contribution is 2.29. The van der Waals surface area contributed by atoms with Gasteiger partial charge in [0, 0.05) is 17.1 Å². The lowest BCUT2D eigenvalue weighted by molar-refractivity contribution is 0.0997. The smallest absolute Gasteiger partial charge is 0.252 e. The molecule has 0 aliphatic rings. The van der Waals surface area contributed by atoms with E-state index in [1.165, 1.54) is 13.4 Å². The van der Waals surface area contributed by atoms with Crippen LogP contribution in [0.5, 0.6) is 5.75 Å². The molecule has 3 N–H and O–H groups in total. The predicted octanol–water partition coefficient (Wildman–Crippen LogP) is 1.73. The Hall–Kier alpha value is -2.89. The van der Waals surface area contributed by atoms with E-state index in [1.807, 2.05) is 6.07 Å². The number of nitrogens with two attached hydrogens (primary N) is 1. The Balaban J connectivity index is 2.20. The van der Waals surface area contributed by atoms with Gasteiger partial charge in [0.1, 0.15) is 17.7 Å². The number of H-pyrrole nitrogens is 1. The lowest BCUT2D eigenvalue weighted by atomic mass is 10.1. The van der Waals surface area contributed by atoms with Crippen LogP contribution in [0.1, 0.15) is 10.4 Å². The lowest BCUT2D eigenvalue weighted by Crippen LogP contribution is -2.12. The molecule has 0 aliphatic heterocycles. The number of aromatic amines is 1. The SMILES string of the molecule is COc1cc(-c2ncnc3[nH]ccc23)ccc1C(N)=O. The van der Waals surface area contributed by atoms with Crippen LogP contribution < -0.4 is 10.5 Å². The number of ether oxygens (including phenoxy) is 1. The van der Waals surface area contributed by atoms with Gasteiger partial charge in [0.25, 0.3) is 5.91 Å². The average Bonchev–Trinajstić information content (AvgIpc) is 2.94. The molecule has 0 saturated carbocycles. The van der Waals surface area contributed by atoms with Crippen molar-refractivity contribution in [2.75, 3.05) is 7.11 Å². The highest BCUT2D eigenvalue weighted by Gasteiger charge is 2.13. The van der Waals surface area contributed by atoms with E-state index in [4.69, 9.17) is 10.5 Å². The molecule has 0 spiro atoms. The van der Waals surface area contributed by atoms with Gasteiger partial charge < -0.3 is 15.5 Å². The molecule has 2 aromatic heterocycles. The van der Waals surface area contributed by atoms with E-state index >= 15 is 0 Å². The first-order valence-electron chi connectivity index (χ1n) is 5.97. The molecule has 0 radical (unpaired) electrons. The minimum Gasteiger partial charge on any atom is -0.496 e. The Morgan fingerprint density at radius 2 is 2.15 bits per heavy atom. The summed E-state index contributed by atoms with van der Waals surface area (Å²) in [6, 6.07) is 7.07. The number of aromatic nitrogens is 3. The number of methoxy groups -OCH3 is 1. The second-order valence-corrected chi connectivity index (χ2v) is 4.24. The minimum atomic E-state index is -0.525. The van der Waals surface area contributed by atoms with E-state index in [-0.39, 0.29) is 0 Å². The van der Waals surface area contributed by atoms with Crippen molar-refractivity contribution in [1.29, 1.82) is 0 Å². The third-order valence-electron chi connectivity index (χ3n) is 3.09. The summed E-state index contributed by atoms with van der Waals surface area (Å²) < 4.78 is 5.21. The molecule has 0 aliphatic carbocycles. The number of carbonyl (C=O) groups is 1. The summed E-state index contributed by atoms with van der Waals surface area (Å²) in [6.45, 7) is 0. The Bertz CT molecular complexity index is 795. The fourth-order valence-corrected chi connectivity index (χ4v) is 2.14. The number of amides is 1. The molecule has 1 amide bonds.